The second kappa shape index (κ2) is 5.93. The Morgan fingerprint density at radius 3 is 1.89 bits per heavy atom. The molecule has 0 spiro atoms. The van der Waals surface area contributed by atoms with E-state index in [-0.39, 0.29) is 38.9 Å². The van der Waals surface area contributed by atoms with Gasteiger partial charge in [-0.2, -0.15) is 0 Å². The number of thioether (sulfide) groups is 1. The zero-order chi connectivity index (χ0) is 14.1. The summed E-state index contributed by atoms with van der Waals surface area (Å²) in [6.45, 7) is 0. The maximum atomic E-state index is 10.4. The van der Waals surface area contributed by atoms with Crippen molar-refractivity contribution in [1.29, 1.82) is 0 Å². The van der Waals surface area contributed by atoms with Gasteiger partial charge >= 0.3 is 127 Å². The van der Waals surface area contributed by atoms with E-state index in [0.29, 0.717) is 0 Å². The van der Waals surface area contributed by atoms with Crippen LogP contribution in [0.25, 0.3) is 0 Å². The summed E-state index contributed by atoms with van der Waals surface area (Å²) in [6, 6.07) is 0. The first-order valence-electron chi connectivity index (χ1n) is 4.75. The molecule has 0 aromatic heterocycles. The first-order chi connectivity index (χ1) is 8.18. The van der Waals surface area contributed by atoms with Gasteiger partial charge in [0.15, 0.2) is 0 Å². The molecule has 2 saturated heterocycles. The molecule has 0 radical (unpaired) electrons. The van der Waals surface area contributed by atoms with Gasteiger partial charge in [0.1, 0.15) is 0 Å². The fourth-order valence-corrected chi connectivity index (χ4v) is 6.68. The first kappa shape index (κ1) is 16.7. The van der Waals surface area contributed by atoms with Crippen LogP contribution in [0.5, 0.6) is 0 Å². The van der Waals surface area contributed by atoms with Gasteiger partial charge in [0.2, 0.25) is 0 Å². The number of thiol groups is 1. The monoisotopic (exact) mass is 426 g/mol. The van der Waals surface area contributed by atoms with Gasteiger partial charge in [-0.15, -0.1) is 0 Å². The van der Waals surface area contributed by atoms with Gasteiger partial charge in [-0.25, -0.2) is 0 Å². The summed E-state index contributed by atoms with van der Waals surface area (Å²) in [5, 5.41) is 16.9. The van der Waals surface area contributed by atoms with Crippen LogP contribution in [0.1, 0.15) is 0 Å². The van der Waals surface area contributed by atoms with E-state index < -0.39 is 20.8 Å². The average molecular weight is 424 g/mol. The van der Waals surface area contributed by atoms with Gasteiger partial charge in [-0.3, -0.25) is 0 Å². The standard InChI is InChI=1S/C5H9NO2SSe.C3H5NO2SSe/c1-9-2-3-5(6,10-3)4(7)8;4-3(1(5)6)2(7)8-3/h3H,2,6H2,1H3,(H,7,8);2,7H,4H2,(H,5,6). The molecule has 2 fully saturated rings. The zero-order valence-electron chi connectivity index (χ0n) is 9.40. The predicted octanol–water partition coefficient (Wildman–Crippen LogP) is -1.70. The Bertz CT molecular complexity index is 375. The van der Waals surface area contributed by atoms with Gasteiger partial charge in [-0.1, -0.05) is 0 Å². The van der Waals surface area contributed by atoms with Crippen LogP contribution < -0.4 is 11.5 Å². The number of carboxylic acids is 2. The van der Waals surface area contributed by atoms with Crippen LogP contribution in [-0.2, 0) is 9.59 Å². The molecule has 104 valence electrons. The zero-order valence-corrected chi connectivity index (χ0v) is 14.5. The third-order valence-electron chi connectivity index (χ3n) is 2.36. The van der Waals surface area contributed by atoms with Crippen molar-refractivity contribution in [3.63, 3.8) is 0 Å². The van der Waals surface area contributed by atoms with Crippen LogP contribution in [0.4, 0.5) is 0 Å². The normalized spacial score (nSPS) is 40.4. The fraction of sp³-hybridized carbons (Fsp3) is 0.750. The van der Waals surface area contributed by atoms with Crippen molar-refractivity contribution >= 4 is 66.2 Å². The molecule has 4 unspecified atom stereocenters. The Morgan fingerprint density at radius 2 is 1.72 bits per heavy atom. The summed E-state index contributed by atoms with van der Waals surface area (Å²) in [5.41, 5.74) is 10.8. The molecule has 0 amide bonds. The van der Waals surface area contributed by atoms with E-state index in [1.54, 1.807) is 11.8 Å². The van der Waals surface area contributed by atoms with Crippen LogP contribution in [0, 0.1) is 0 Å². The molecular formula is C8H14N2O4S2Se2. The van der Waals surface area contributed by atoms with Crippen molar-refractivity contribution in [3.05, 3.63) is 0 Å². The summed E-state index contributed by atoms with van der Waals surface area (Å²) in [6.07, 6.45) is 1.97. The average Bonchev–Trinajstić information content (AvgIpc) is 3.09. The van der Waals surface area contributed by atoms with Crippen LogP contribution in [0.2, 0.25) is 4.82 Å². The van der Waals surface area contributed by atoms with Gasteiger partial charge in [-0.05, 0) is 0 Å². The van der Waals surface area contributed by atoms with Crippen molar-refractivity contribution < 1.29 is 19.8 Å². The van der Waals surface area contributed by atoms with Crippen molar-refractivity contribution in [3.8, 4) is 0 Å². The Hall–Kier alpha value is 0.599. The summed E-state index contributed by atoms with van der Waals surface area (Å²) >= 11 is 5.71. The predicted molar refractivity (Wildman–Crippen MR) is 75.5 cm³/mol. The maximum absolute atomic E-state index is 10.4. The van der Waals surface area contributed by atoms with Gasteiger partial charge in [0.25, 0.3) is 0 Å². The number of carboxylic acid groups (broad SMARTS) is 2. The van der Waals surface area contributed by atoms with E-state index in [0.717, 1.165) is 5.75 Å². The number of aliphatic carboxylic acids is 2. The molecular weight excluding hydrogens is 410 g/mol. The minimum atomic E-state index is -0.948. The molecule has 0 aromatic carbocycles. The summed E-state index contributed by atoms with van der Waals surface area (Å²) in [7, 11) is 0. The molecule has 0 bridgehead atoms. The molecule has 4 atom stereocenters. The van der Waals surface area contributed by atoms with E-state index in [4.69, 9.17) is 21.7 Å². The molecule has 2 heterocycles. The molecule has 10 heteroatoms. The van der Waals surface area contributed by atoms with E-state index in [9.17, 15) is 9.59 Å². The molecule has 0 aliphatic carbocycles. The van der Waals surface area contributed by atoms with Crippen LogP contribution in [0.3, 0.4) is 0 Å². The van der Waals surface area contributed by atoms with Crippen molar-refractivity contribution in [1.82, 2.24) is 0 Å². The second-order valence-corrected chi connectivity index (χ2v) is 11.9. The SMILES string of the molecule is CSCC1[Se]C1(N)C(=O)O.NC1(C(=O)O)[Se]C1S. The van der Waals surface area contributed by atoms with E-state index in [1.165, 1.54) is 0 Å². The van der Waals surface area contributed by atoms with Gasteiger partial charge < -0.3 is 0 Å². The Labute approximate surface area is 127 Å². The molecule has 0 aromatic rings. The van der Waals surface area contributed by atoms with Gasteiger partial charge in [0, 0.05) is 0 Å². The molecule has 0 saturated carbocycles. The van der Waals surface area contributed by atoms with E-state index in [2.05, 4.69) is 12.6 Å². The molecule has 2 aliphatic heterocycles. The Balaban J connectivity index is 0.000000184. The third kappa shape index (κ3) is 3.58. The molecule has 18 heavy (non-hydrogen) atoms. The third-order valence-corrected chi connectivity index (χ3v) is 10.2. The Morgan fingerprint density at radius 1 is 1.28 bits per heavy atom. The second-order valence-electron chi connectivity index (χ2n) is 3.73. The summed E-state index contributed by atoms with van der Waals surface area (Å²) < 4.78 is -1.85. The van der Waals surface area contributed by atoms with Crippen molar-refractivity contribution in [2.45, 2.75) is 17.8 Å². The number of rotatable bonds is 4. The minimum absolute atomic E-state index is 0.00193. The number of hydrogen-bond acceptors (Lipinski definition) is 6. The fourth-order valence-electron chi connectivity index (χ4n) is 1.01. The van der Waals surface area contributed by atoms with E-state index in [1.807, 2.05) is 6.26 Å². The van der Waals surface area contributed by atoms with E-state index >= 15 is 0 Å². The van der Waals surface area contributed by atoms with Crippen LogP contribution in [-0.4, -0.2) is 77.1 Å². The molecule has 6 N–H and O–H groups in total. The number of nitrogens with two attached hydrogens (primary N) is 2. The summed E-state index contributed by atoms with van der Waals surface area (Å²) in [5.74, 6) is -0.855. The molecule has 2 aliphatic rings. The quantitative estimate of drug-likeness (QED) is 0.269. The van der Waals surface area contributed by atoms with Crippen LogP contribution in [0.15, 0.2) is 0 Å². The number of hydrogen-bond donors (Lipinski definition) is 5. The first-order valence-corrected chi connectivity index (χ1v) is 10.4. The molecule has 2 rings (SSSR count). The summed E-state index contributed by atoms with van der Waals surface area (Å²) in [4.78, 5) is 20.8. The van der Waals surface area contributed by atoms with Crippen molar-refractivity contribution in [2.24, 2.45) is 11.5 Å². The topological polar surface area (TPSA) is 127 Å². The van der Waals surface area contributed by atoms with Crippen molar-refractivity contribution in [2.75, 3.05) is 12.0 Å². The number of carbonyl (C=O) groups is 2. The van der Waals surface area contributed by atoms with Gasteiger partial charge in [0.05, 0.1) is 0 Å². The molecule has 6 nitrogen and oxygen atoms in total. The Kier molecular flexibility index (Phi) is 5.48. The van der Waals surface area contributed by atoms with Crippen LogP contribution >= 0.6 is 24.4 Å².